The summed E-state index contributed by atoms with van der Waals surface area (Å²) in [4.78, 5) is 0. The second-order valence-electron chi connectivity index (χ2n) is 0. The van der Waals surface area contributed by atoms with Gasteiger partial charge in [0.25, 0.3) is 0 Å². The van der Waals surface area contributed by atoms with Gasteiger partial charge in [-0.3, -0.25) is 0 Å². The van der Waals surface area contributed by atoms with Crippen LogP contribution in [0, 0.1) is 0 Å². The van der Waals surface area contributed by atoms with Crippen LogP contribution in [0.1, 0.15) is 0 Å². The van der Waals surface area contributed by atoms with E-state index in [0.29, 0.717) is 0 Å². The van der Waals surface area contributed by atoms with Gasteiger partial charge in [0.05, 0.1) is 0 Å². The third kappa shape index (κ3) is 115. The minimum atomic E-state index is 0. The summed E-state index contributed by atoms with van der Waals surface area (Å²) in [5.74, 6) is 0. The molecule has 7 heteroatoms. The van der Waals surface area contributed by atoms with Crippen molar-refractivity contribution >= 4 is 21.9 Å². The van der Waals surface area contributed by atoms with Gasteiger partial charge in [-0.15, -0.1) is 0 Å². The predicted molar refractivity (Wildman–Crippen MR) is 24.7 cm³/mol. The first-order chi connectivity index (χ1) is 0. The van der Waals surface area contributed by atoms with Crippen molar-refractivity contribution in [3.05, 3.63) is 0 Å². The molecule has 0 aliphatic rings. The third-order valence-corrected chi connectivity index (χ3v) is 0. The molecule has 0 aromatic carbocycles. The van der Waals surface area contributed by atoms with Gasteiger partial charge in [-0.05, 0) is 21.9 Å². The Balaban J connectivity index is 0. The van der Waals surface area contributed by atoms with Crippen molar-refractivity contribution in [1.82, 2.24) is 0 Å². The summed E-state index contributed by atoms with van der Waals surface area (Å²) in [7, 11) is 0. The Bertz CT molecular complexity index is 10.9. The van der Waals surface area contributed by atoms with Crippen LogP contribution in [0.2, 0.25) is 0 Å². The Morgan fingerprint density at radius 3 is 0.429 bits per heavy atom. The van der Waals surface area contributed by atoms with E-state index in [9.17, 15) is 0 Å². The van der Waals surface area contributed by atoms with Crippen molar-refractivity contribution in [3.8, 4) is 0 Å². The second kappa shape index (κ2) is 162. The molecule has 0 atom stereocenters. The van der Waals surface area contributed by atoms with E-state index >= 15 is 0 Å². The van der Waals surface area contributed by atoms with Gasteiger partial charge >= 0.3 is 34.1 Å². The fraction of sp³-hybridized carbons (Fsp3) is 0. The molecule has 0 aliphatic carbocycles. The molecule has 0 spiro atoms. The van der Waals surface area contributed by atoms with E-state index in [2.05, 4.69) is 0 Å². The normalized spacial score (nSPS) is 0. The first-order valence-electron chi connectivity index (χ1n) is 0. The van der Waals surface area contributed by atoms with Crippen LogP contribution < -0.4 is 0 Å². The topological polar surface area (TPSA) is 85.5 Å². The van der Waals surface area contributed by atoms with E-state index in [0.717, 1.165) is 0 Å². The Labute approximate surface area is 72.5 Å². The summed E-state index contributed by atoms with van der Waals surface area (Å²) in [5, 5.41) is 0. The first-order valence-corrected chi connectivity index (χ1v) is 0. The van der Waals surface area contributed by atoms with Crippen LogP contribution in [0.25, 0.3) is 0 Å². The number of rotatable bonds is 0. The van der Waals surface area contributed by atoms with Crippen LogP contribution in [0.4, 0.5) is 0 Å². The summed E-state index contributed by atoms with van der Waals surface area (Å²) in [6, 6.07) is 0. The molecule has 50 valence electrons. The van der Waals surface area contributed by atoms with Crippen LogP contribution in [0.15, 0.2) is 0 Å². The molecule has 0 aromatic rings. The molecule has 2 radical (unpaired) electrons. The maximum absolute atomic E-state index is 0. The predicted octanol–water partition coefficient (Wildman–Crippen LogP) is -3.26. The van der Waals surface area contributed by atoms with Crippen molar-refractivity contribution in [3.63, 3.8) is 0 Å². The Morgan fingerprint density at radius 2 is 0.429 bits per heavy atom. The van der Waals surface area contributed by atoms with Crippen molar-refractivity contribution in [2.75, 3.05) is 0 Å². The molecule has 0 fully saturated rings. The van der Waals surface area contributed by atoms with E-state index in [1.807, 2.05) is 0 Å². The van der Waals surface area contributed by atoms with Crippen molar-refractivity contribution in [2.45, 2.75) is 0 Å². The molecule has 0 rings (SSSR count). The van der Waals surface area contributed by atoms with Gasteiger partial charge in [0.15, 0.2) is 0 Å². The van der Waals surface area contributed by atoms with Gasteiger partial charge in [0, 0.05) is 0 Å². The van der Waals surface area contributed by atoms with E-state index in [4.69, 9.17) is 0 Å². The van der Waals surface area contributed by atoms with Gasteiger partial charge in [-0.25, -0.2) is 0 Å². The van der Waals surface area contributed by atoms with E-state index in [1.54, 1.807) is 0 Å². The molecule has 0 amide bonds. The van der Waals surface area contributed by atoms with Crippen molar-refractivity contribution in [1.29, 1.82) is 0 Å². The van der Waals surface area contributed by atoms with Gasteiger partial charge in [-0.2, -0.15) is 0 Å². The minimum absolute atomic E-state index is 0. The van der Waals surface area contributed by atoms with Gasteiger partial charge < -0.3 is 16.4 Å². The SMILES string of the molecule is [Fe+3].[Fe+3].[O-2].[O-2].[O-2].[SiH4].[SiH4]. The summed E-state index contributed by atoms with van der Waals surface area (Å²) >= 11 is 0. The molecule has 0 unspecified atom stereocenters. The maximum atomic E-state index is 0. The summed E-state index contributed by atoms with van der Waals surface area (Å²) in [6.45, 7) is 0. The van der Waals surface area contributed by atoms with Crippen molar-refractivity contribution < 1.29 is 50.6 Å². The van der Waals surface area contributed by atoms with Gasteiger partial charge in [0.2, 0.25) is 0 Å². The zero-order valence-corrected chi connectivity index (χ0v) is 4.14. The molecule has 0 bridgehead atoms. The average molecular weight is 224 g/mol. The molecule has 7 heavy (non-hydrogen) atoms. The Hall–Kier alpha value is 1.35. The fourth-order valence-corrected chi connectivity index (χ4v) is 0. The van der Waals surface area contributed by atoms with Crippen molar-refractivity contribution in [2.24, 2.45) is 0 Å². The Morgan fingerprint density at radius 1 is 0.429 bits per heavy atom. The largest absolute Gasteiger partial charge is 3.00 e. The van der Waals surface area contributed by atoms with E-state index in [1.165, 1.54) is 0 Å². The molecule has 3 nitrogen and oxygen atoms in total. The molecule has 0 aliphatic heterocycles. The summed E-state index contributed by atoms with van der Waals surface area (Å²) in [6.07, 6.45) is 0. The zero-order valence-electron chi connectivity index (χ0n) is 1.93. The van der Waals surface area contributed by atoms with Crippen LogP contribution in [0.5, 0.6) is 0 Å². The zero-order chi connectivity index (χ0) is 0. The number of hydrogen-bond donors (Lipinski definition) is 0. The van der Waals surface area contributed by atoms with Gasteiger partial charge in [0.1, 0.15) is 0 Å². The standard InChI is InChI=1S/2Fe.3O.2H4Si/h;;;;;2*1H4/q2*+3;3*-2;;. The van der Waals surface area contributed by atoms with Crippen LogP contribution in [0.3, 0.4) is 0 Å². The van der Waals surface area contributed by atoms with E-state index < -0.39 is 0 Å². The van der Waals surface area contributed by atoms with Crippen LogP contribution >= 0.6 is 0 Å². The molecule has 0 saturated carbocycles. The maximum Gasteiger partial charge on any atom is 3.00 e. The van der Waals surface area contributed by atoms with Gasteiger partial charge in [-0.1, -0.05) is 0 Å². The molecule has 0 N–H and O–H groups in total. The molecular weight excluding hydrogens is 216 g/mol. The van der Waals surface area contributed by atoms with Crippen LogP contribution in [-0.4, -0.2) is 21.9 Å². The fourth-order valence-electron chi connectivity index (χ4n) is 0. The molecular formula is H8Fe2O3Si2. The third-order valence-electron chi connectivity index (χ3n) is 0. The summed E-state index contributed by atoms with van der Waals surface area (Å²) < 4.78 is 0. The quantitative estimate of drug-likeness (QED) is 0.386. The summed E-state index contributed by atoms with van der Waals surface area (Å²) in [5.41, 5.74) is 0. The monoisotopic (exact) mass is 224 g/mol. The second-order valence-corrected chi connectivity index (χ2v) is 0. The Kier molecular flexibility index (Phi) is 5720. The number of hydrogen-bond acceptors (Lipinski definition) is 0. The average Bonchev–Trinajstić information content (AvgIpc) is 0. The molecule has 0 aromatic heterocycles. The molecule has 0 saturated heterocycles. The minimum Gasteiger partial charge on any atom is -2.00 e. The first kappa shape index (κ1) is 247. The molecule has 0 heterocycles. The smallest absolute Gasteiger partial charge is 2.00 e. The van der Waals surface area contributed by atoms with E-state index in [-0.39, 0.29) is 72.5 Å². The van der Waals surface area contributed by atoms with Crippen LogP contribution in [-0.2, 0) is 50.6 Å².